The largest absolute Gasteiger partial charge is 0.372 e. The lowest BCUT2D eigenvalue weighted by Gasteiger charge is -2.16. The molecule has 0 aromatic rings. The van der Waals surface area contributed by atoms with Crippen molar-refractivity contribution >= 4 is 24.1 Å². The topological polar surface area (TPSA) is 34.3 Å². The van der Waals surface area contributed by atoms with E-state index in [4.69, 9.17) is 13.1 Å². The Morgan fingerprint density at radius 2 is 1.29 bits per heavy atom. The fourth-order valence-corrected chi connectivity index (χ4v) is 4.52. The van der Waals surface area contributed by atoms with Gasteiger partial charge in [0.1, 0.15) is 0 Å². The van der Waals surface area contributed by atoms with Crippen molar-refractivity contribution in [1.29, 1.82) is 0 Å². The molecule has 2 saturated heterocycles. The van der Waals surface area contributed by atoms with Crippen LogP contribution in [0.4, 0.5) is 0 Å². The maximum absolute atomic E-state index is 5.90. The molecule has 2 aliphatic rings. The second-order valence-electron chi connectivity index (χ2n) is 6.07. The van der Waals surface area contributed by atoms with E-state index in [1.54, 1.807) is 24.1 Å². The maximum Gasteiger partial charge on any atom is 0.0950 e. The van der Waals surface area contributed by atoms with Crippen LogP contribution < -0.4 is 0 Å². The average Bonchev–Trinajstić information content (AvgIpc) is 3.37. The Kier molecular flexibility index (Phi) is 8.85. The van der Waals surface area contributed by atoms with Crippen molar-refractivity contribution in [2.24, 2.45) is 0 Å². The zero-order valence-electron chi connectivity index (χ0n) is 13.4. The molecule has 21 heavy (non-hydrogen) atoms. The second kappa shape index (κ2) is 10.4. The van der Waals surface area contributed by atoms with Gasteiger partial charge in [-0.2, -0.15) is 0 Å². The first-order valence-electron chi connectivity index (χ1n) is 8.57. The molecule has 3 nitrogen and oxygen atoms in total. The van der Waals surface area contributed by atoms with Crippen LogP contribution in [0.3, 0.4) is 0 Å². The number of ether oxygens (including phenoxy) is 2. The van der Waals surface area contributed by atoms with Crippen LogP contribution in [-0.4, -0.2) is 35.9 Å². The minimum absolute atomic E-state index is 0.433. The first-order valence-corrected chi connectivity index (χ1v) is 10.2. The molecule has 0 aromatic heterocycles. The highest BCUT2D eigenvalue weighted by Gasteiger charge is 2.36. The van der Waals surface area contributed by atoms with Crippen molar-refractivity contribution in [3.05, 3.63) is 0 Å². The van der Waals surface area contributed by atoms with Gasteiger partial charge in [-0.3, -0.25) is 0 Å². The summed E-state index contributed by atoms with van der Waals surface area (Å²) in [5.74, 6) is 0. The molecule has 0 N–H and O–H groups in total. The van der Waals surface area contributed by atoms with Crippen molar-refractivity contribution < 1.29 is 13.1 Å². The minimum Gasteiger partial charge on any atom is -0.372 e. The Bertz CT molecular complexity index is 244. The highest BCUT2D eigenvalue weighted by molar-refractivity contribution is 8.08. The van der Waals surface area contributed by atoms with E-state index in [9.17, 15) is 0 Å². The number of hydrogen-bond acceptors (Lipinski definition) is 5. The molecule has 0 aromatic carbocycles. The van der Waals surface area contributed by atoms with E-state index in [-0.39, 0.29) is 0 Å². The molecule has 2 aliphatic heterocycles. The molecule has 2 rings (SSSR count). The monoisotopic (exact) mass is 334 g/mol. The summed E-state index contributed by atoms with van der Waals surface area (Å²) in [6.45, 7) is 6.34. The van der Waals surface area contributed by atoms with Crippen LogP contribution >= 0.6 is 24.1 Å². The fraction of sp³-hybridized carbons (Fsp3) is 1.00. The summed E-state index contributed by atoms with van der Waals surface area (Å²) in [5, 5.41) is 1.03. The van der Waals surface area contributed by atoms with Gasteiger partial charge in [0.2, 0.25) is 0 Å². The van der Waals surface area contributed by atoms with E-state index >= 15 is 0 Å². The van der Waals surface area contributed by atoms with Crippen LogP contribution in [0.1, 0.15) is 65.2 Å². The van der Waals surface area contributed by atoms with E-state index < -0.39 is 0 Å². The predicted octanol–water partition coefficient (Wildman–Crippen LogP) is 4.99. The van der Waals surface area contributed by atoms with Crippen LogP contribution in [0.2, 0.25) is 0 Å². The molecule has 4 unspecified atom stereocenters. The summed E-state index contributed by atoms with van der Waals surface area (Å²) < 4.78 is 16.8. The van der Waals surface area contributed by atoms with Crippen molar-refractivity contribution in [1.82, 2.24) is 0 Å². The van der Waals surface area contributed by atoms with Gasteiger partial charge >= 0.3 is 0 Å². The van der Waals surface area contributed by atoms with E-state index in [2.05, 4.69) is 13.8 Å². The van der Waals surface area contributed by atoms with Gasteiger partial charge in [-0.15, -0.1) is 0 Å². The van der Waals surface area contributed by atoms with Crippen LogP contribution in [0.25, 0.3) is 0 Å². The van der Waals surface area contributed by atoms with Gasteiger partial charge in [0.25, 0.3) is 0 Å². The highest BCUT2D eigenvalue weighted by Crippen LogP contribution is 2.37. The molecular weight excluding hydrogens is 304 g/mol. The second-order valence-corrected chi connectivity index (χ2v) is 8.21. The molecule has 0 radical (unpaired) electrons. The van der Waals surface area contributed by atoms with Gasteiger partial charge in [-0.25, -0.2) is 3.63 Å². The third-order valence-corrected chi connectivity index (χ3v) is 6.26. The van der Waals surface area contributed by atoms with Crippen LogP contribution in [-0.2, 0) is 13.1 Å². The van der Waals surface area contributed by atoms with Gasteiger partial charge in [-0.05, 0) is 12.8 Å². The average molecular weight is 335 g/mol. The molecule has 0 aliphatic carbocycles. The van der Waals surface area contributed by atoms with Crippen molar-refractivity contribution in [3.63, 3.8) is 0 Å². The fourth-order valence-electron chi connectivity index (χ4n) is 2.45. The molecule has 2 fully saturated rings. The van der Waals surface area contributed by atoms with Gasteiger partial charge in [0.05, 0.1) is 35.9 Å². The van der Waals surface area contributed by atoms with Crippen molar-refractivity contribution in [2.75, 3.05) is 13.2 Å². The molecule has 0 amide bonds. The standard InChI is InChI=1S/C16H30O3S2/c1-3-5-7-9-15(13-11-17-13)20-19-21-16(14-12-18-14)10-8-6-4-2/h13-16H,3-12H2,1-2H3. The van der Waals surface area contributed by atoms with Gasteiger partial charge in [-0.1, -0.05) is 52.4 Å². The number of rotatable bonds is 14. The molecule has 0 bridgehead atoms. The Hall–Kier alpha value is 0.580. The third-order valence-electron chi connectivity index (χ3n) is 4.06. The zero-order chi connectivity index (χ0) is 14.9. The third kappa shape index (κ3) is 7.60. The summed E-state index contributed by atoms with van der Waals surface area (Å²) in [5.41, 5.74) is 0. The minimum atomic E-state index is 0.433. The summed E-state index contributed by atoms with van der Waals surface area (Å²) in [6, 6.07) is 0. The quantitative estimate of drug-likeness (QED) is 0.254. The van der Waals surface area contributed by atoms with E-state index in [1.807, 2.05) is 0 Å². The molecule has 124 valence electrons. The lowest BCUT2D eigenvalue weighted by molar-refractivity contribution is 0.388. The van der Waals surface area contributed by atoms with Crippen molar-refractivity contribution in [3.8, 4) is 0 Å². The Morgan fingerprint density at radius 1 is 0.857 bits per heavy atom. The Balaban J connectivity index is 1.60. The first-order chi connectivity index (χ1) is 10.3. The molecule has 0 spiro atoms. The SMILES string of the molecule is CCCCCC(SOSC(CCCCC)C1CO1)C1CO1. The maximum atomic E-state index is 5.90. The van der Waals surface area contributed by atoms with E-state index in [1.165, 1.54) is 51.4 Å². The molecule has 0 saturated carbocycles. The summed E-state index contributed by atoms with van der Waals surface area (Å²) in [4.78, 5) is 0. The summed E-state index contributed by atoms with van der Waals surface area (Å²) in [6.07, 6.45) is 11.0. The Morgan fingerprint density at radius 3 is 1.62 bits per heavy atom. The predicted molar refractivity (Wildman–Crippen MR) is 91.6 cm³/mol. The summed E-state index contributed by atoms with van der Waals surface area (Å²) in [7, 11) is 0. The van der Waals surface area contributed by atoms with Gasteiger partial charge in [0.15, 0.2) is 0 Å². The van der Waals surface area contributed by atoms with Gasteiger partial charge < -0.3 is 9.47 Å². The zero-order valence-corrected chi connectivity index (χ0v) is 15.1. The normalized spacial score (nSPS) is 26.6. The Labute approximate surface area is 138 Å². The van der Waals surface area contributed by atoms with Crippen LogP contribution in [0, 0.1) is 0 Å². The van der Waals surface area contributed by atoms with E-state index in [0.29, 0.717) is 22.7 Å². The lowest BCUT2D eigenvalue weighted by atomic mass is 10.1. The number of unbranched alkanes of at least 4 members (excludes halogenated alkanes) is 4. The lowest BCUT2D eigenvalue weighted by Crippen LogP contribution is -2.14. The summed E-state index contributed by atoms with van der Waals surface area (Å²) >= 11 is 3.28. The van der Waals surface area contributed by atoms with Gasteiger partial charge in [0, 0.05) is 24.1 Å². The first kappa shape index (κ1) is 17.9. The number of epoxide rings is 2. The molecule has 2 heterocycles. The van der Waals surface area contributed by atoms with E-state index in [0.717, 1.165) is 13.2 Å². The van der Waals surface area contributed by atoms with Crippen LogP contribution in [0.15, 0.2) is 0 Å². The number of hydrogen-bond donors (Lipinski definition) is 0. The smallest absolute Gasteiger partial charge is 0.0950 e. The highest BCUT2D eigenvalue weighted by atomic mass is 32.2. The van der Waals surface area contributed by atoms with Crippen molar-refractivity contribution in [2.45, 2.75) is 87.9 Å². The molecular formula is C16H30O3S2. The van der Waals surface area contributed by atoms with Crippen LogP contribution in [0.5, 0.6) is 0 Å². The molecule has 4 atom stereocenters. The molecule has 5 heteroatoms.